The van der Waals surface area contributed by atoms with Crippen molar-refractivity contribution in [3.63, 3.8) is 0 Å². The van der Waals surface area contributed by atoms with Gasteiger partial charge < -0.3 is 9.64 Å². The minimum absolute atomic E-state index is 0.00416. The van der Waals surface area contributed by atoms with Crippen LogP contribution in [0.3, 0.4) is 0 Å². The first-order valence-corrected chi connectivity index (χ1v) is 9.15. The fourth-order valence-electron chi connectivity index (χ4n) is 2.83. The number of benzene rings is 1. The molecule has 2 aliphatic rings. The monoisotopic (exact) mass is 309 g/mol. The van der Waals surface area contributed by atoms with Crippen molar-refractivity contribution in [1.82, 2.24) is 4.90 Å². The number of likely N-dealkylation sites (tertiary alicyclic amines) is 1. The van der Waals surface area contributed by atoms with Crippen LogP contribution in [0.5, 0.6) is 0 Å². The Morgan fingerprint density at radius 1 is 1.35 bits per heavy atom. The van der Waals surface area contributed by atoms with Gasteiger partial charge in [-0.3, -0.25) is 4.79 Å². The summed E-state index contributed by atoms with van der Waals surface area (Å²) in [6.07, 6.45) is 3.91. The molecule has 0 N–H and O–H groups in total. The lowest BCUT2D eigenvalue weighted by atomic mass is 10.1. The maximum Gasteiger partial charge on any atom is 0.254 e. The molecule has 0 saturated carbocycles. The van der Waals surface area contributed by atoms with Crippen LogP contribution in [0.15, 0.2) is 29.2 Å². The van der Waals surface area contributed by atoms with E-state index in [9.17, 15) is 4.79 Å². The molecule has 20 heavy (non-hydrogen) atoms. The van der Waals surface area contributed by atoms with E-state index in [1.54, 1.807) is 11.8 Å². The Kier molecular flexibility index (Phi) is 4.29. The van der Waals surface area contributed by atoms with Crippen molar-refractivity contribution in [2.24, 2.45) is 0 Å². The number of nitrogens with zero attached hydrogens (tertiary/aromatic N) is 1. The second-order valence-electron chi connectivity index (χ2n) is 5.10. The Bertz CT molecular complexity index is 490. The minimum Gasteiger partial charge on any atom is -0.363 e. The molecule has 1 amide bonds. The maximum atomic E-state index is 12.6. The van der Waals surface area contributed by atoms with E-state index in [4.69, 9.17) is 4.74 Å². The van der Waals surface area contributed by atoms with Crippen LogP contribution < -0.4 is 0 Å². The maximum absolute atomic E-state index is 12.6. The lowest BCUT2D eigenvalue weighted by molar-refractivity contribution is 0.00344. The Hall–Kier alpha value is -0.650. The van der Waals surface area contributed by atoms with Gasteiger partial charge in [-0.05, 0) is 18.4 Å². The Labute approximate surface area is 128 Å². The number of hydrogen-bond acceptors (Lipinski definition) is 4. The van der Waals surface area contributed by atoms with Gasteiger partial charge in [0.1, 0.15) is 4.93 Å². The highest BCUT2D eigenvalue weighted by atomic mass is 32.2. The summed E-state index contributed by atoms with van der Waals surface area (Å²) in [6, 6.07) is 7.86. The predicted octanol–water partition coefficient (Wildman–Crippen LogP) is 3.10. The van der Waals surface area contributed by atoms with Crippen LogP contribution in [0.4, 0.5) is 0 Å². The van der Waals surface area contributed by atoms with Crippen molar-refractivity contribution in [2.75, 3.05) is 31.7 Å². The molecule has 0 atom stereocenters. The SMILES string of the molecule is CSc1ccccc1C(=O)N1CCC2(CC1)OCCS2. The third-order valence-corrected chi connectivity index (χ3v) is 6.18. The fraction of sp³-hybridized carbons (Fsp3) is 0.533. The van der Waals surface area contributed by atoms with Gasteiger partial charge in [-0.1, -0.05) is 12.1 Å². The second kappa shape index (κ2) is 6.00. The minimum atomic E-state index is -0.00416. The van der Waals surface area contributed by atoms with E-state index in [-0.39, 0.29) is 10.8 Å². The Morgan fingerprint density at radius 3 is 2.75 bits per heavy atom. The van der Waals surface area contributed by atoms with Gasteiger partial charge in [0.2, 0.25) is 0 Å². The smallest absolute Gasteiger partial charge is 0.254 e. The van der Waals surface area contributed by atoms with Crippen LogP contribution in [-0.4, -0.2) is 47.4 Å². The molecule has 3 rings (SSSR count). The molecule has 0 unspecified atom stereocenters. The van der Waals surface area contributed by atoms with Crippen molar-refractivity contribution in [3.8, 4) is 0 Å². The lowest BCUT2D eigenvalue weighted by Crippen LogP contribution is -2.45. The highest BCUT2D eigenvalue weighted by Crippen LogP contribution is 2.41. The van der Waals surface area contributed by atoms with Gasteiger partial charge in [0.25, 0.3) is 5.91 Å². The van der Waals surface area contributed by atoms with Gasteiger partial charge >= 0.3 is 0 Å². The van der Waals surface area contributed by atoms with Gasteiger partial charge in [-0.25, -0.2) is 0 Å². The van der Waals surface area contributed by atoms with Gasteiger partial charge in [0.15, 0.2) is 0 Å². The number of carbonyl (C=O) groups excluding carboxylic acids is 1. The summed E-state index contributed by atoms with van der Waals surface area (Å²) in [5.41, 5.74) is 0.830. The highest BCUT2D eigenvalue weighted by Gasteiger charge is 2.40. The van der Waals surface area contributed by atoms with Crippen molar-refractivity contribution in [2.45, 2.75) is 22.7 Å². The average molecular weight is 309 g/mol. The van der Waals surface area contributed by atoms with Crippen molar-refractivity contribution < 1.29 is 9.53 Å². The molecule has 5 heteroatoms. The zero-order chi connectivity index (χ0) is 14.0. The number of ether oxygens (including phenoxy) is 1. The van der Waals surface area contributed by atoms with Gasteiger partial charge in [-0.15, -0.1) is 23.5 Å². The summed E-state index contributed by atoms with van der Waals surface area (Å²) < 4.78 is 5.88. The summed E-state index contributed by atoms with van der Waals surface area (Å²) in [6.45, 7) is 2.46. The normalized spacial score (nSPS) is 21.4. The Morgan fingerprint density at radius 2 is 2.10 bits per heavy atom. The van der Waals surface area contributed by atoms with Crippen LogP contribution in [0, 0.1) is 0 Å². The van der Waals surface area contributed by atoms with Crippen molar-refractivity contribution >= 4 is 29.4 Å². The van der Waals surface area contributed by atoms with Gasteiger partial charge in [-0.2, -0.15) is 0 Å². The lowest BCUT2D eigenvalue weighted by Gasteiger charge is -2.38. The van der Waals surface area contributed by atoms with Gasteiger partial charge in [0.05, 0.1) is 12.2 Å². The number of rotatable bonds is 2. The van der Waals surface area contributed by atoms with E-state index in [1.807, 2.05) is 47.2 Å². The van der Waals surface area contributed by atoms with E-state index >= 15 is 0 Å². The molecule has 2 aliphatic heterocycles. The van der Waals surface area contributed by atoms with Crippen LogP contribution >= 0.6 is 23.5 Å². The summed E-state index contributed by atoms with van der Waals surface area (Å²) in [7, 11) is 0. The molecule has 3 nitrogen and oxygen atoms in total. The number of amides is 1. The number of carbonyl (C=O) groups is 1. The number of piperidine rings is 1. The molecule has 2 heterocycles. The van der Waals surface area contributed by atoms with Crippen molar-refractivity contribution in [1.29, 1.82) is 0 Å². The quantitative estimate of drug-likeness (QED) is 0.785. The molecule has 1 aromatic rings. The Balaban J connectivity index is 1.70. The van der Waals surface area contributed by atoms with E-state index < -0.39 is 0 Å². The average Bonchev–Trinajstić information content (AvgIpc) is 2.95. The van der Waals surface area contributed by atoms with E-state index in [1.165, 1.54) is 0 Å². The zero-order valence-corrected chi connectivity index (χ0v) is 13.3. The van der Waals surface area contributed by atoms with E-state index in [0.717, 1.165) is 48.7 Å². The second-order valence-corrected chi connectivity index (χ2v) is 7.39. The van der Waals surface area contributed by atoms with Crippen molar-refractivity contribution in [3.05, 3.63) is 29.8 Å². The van der Waals surface area contributed by atoms with E-state index in [0.29, 0.717) is 0 Å². The molecule has 108 valence electrons. The molecule has 2 saturated heterocycles. The first-order chi connectivity index (χ1) is 9.74. The topological polar surface area (TPSA) is 29.5 Å². The zero-order valence-electron chi connectivity index (χ0n) is 11.6. The largest absolute Gasteiger partial charge is 0.363 e. The summed E-state index contributed by atoms with van der Waals surface area (Å²) in [4.78, 5) is 15.7. The number of hydrogen-bond donors (Lipinski definition) is 0. The molecule has 1 spiro atoms. The van der Waals surface area contributed by atoms with E-state index in [2.05, 4.69) is 0 Å². The fourth-order valence-corrected chi connectivity index (χ4v) is 4.59. The standard InChI is InChI=1S/C15H19NO2S2/c1-19-13-5-3-2-4-12(13)14(17)16-8-6-15(7-9-16)18-10-11-20-15/h2-5H,6-11H2,1H3. The summed E-state index contributed by atoms with van der Waals surface area (Å²) >= 11 is 3.55. The summed E-state index contributed by atoms with van der Waals surface area (Å²) in [5, 5.41) is 0. The molecule has 0 aromatic heterocycles. The van der Waals surface area contributed by atoms with Crippen LogP contribution in [0.2, 0.25) is 0 Å². The third-order valence-electron chi connectivity index (χ3n) is 3.96. The first kappa shape index (κ1) is 14.3. The molecule has 0 bridgehead atoms. The predicted molar refractivity (Wildman–Crippen MR) is 84.5 cm³/mol. The van der Waals surface area contributed by atoms with Crippen LogP contribution in [0.25, 0.3) is 0 Å². The first-order valence-electron chi connectivity index (χ1n) is 6.94. The number of thioether (sulfide) groups is 2. The molecule has 0 radical (unpaired) electrons. The molecular weight excluding hydrogens is 290 g/mol. The molecule has 1 aromatic carbocycles. The van der Waals surface area contributed by atoms with Crippen LogP contribution in [-0.2, 0) is 4.74 Å². The molecular formula is C15H19NO2S2. The third kappa shape index (κ3) is 2.71. The van der Waals surface area contributed by atoms with Gasteiger partial charge in [0, 0.05) is 36.6 Å². The summed E-state index contributed by atoms with van der Waals surface area (Å²) in [5.74, 6) is 1.25. The molecule has 2 fully saturated rings. The van der Waals surface area contributed by atoms with Crippen LogP contribution in [0.1, 0.15) is 23.2 Å². The molecule has 0 aliphatic carbocycles. The highest BCUT2D eigenvalue weighted by molar-refractivity contribution is 8.00.